The Bertz CT molecular complexity index is 565. The van der Waals surface area contributed by atoms with Gasteiger partial charge >= 0.3 is 18.1 Å². The van der Waals surface area contributed by atoms with E-state index in [4.69, 9.17) is 0 Å². The number of halogens is 3. The number of carbonyl (C=O) groups is 2. The van der Waals surface area contributed by atoms with Crippen LogP contribution in [0, 0.1) is 0 Å². The number of nitrogens with one attached hydrogen (secondary N) is 2. The molecule has 0 unspecified atom stereocenters. The van der Waals surface area contributed by atoms with E-state index in [0.717, 1.165) is 38.6 Å². The normalized spacial score (nSPS) is 17.0. The Balaban J connectivity index is 2.05. The van der Waals surface area contributed by atoms with Crippen LogP contribution in [-0.4, -0.2) is 41.2 Å². The lowest BCUT2D eigenvalue weighted by molar-refractivity contribution is -0.175. The Labute approximate surface area is 130 Å². The molecule has 1 aromatic heterocycles. The summed E-state index contributed by atoms with van der Waals surface area (Å²) < 4.78 is 41.5. The number of esters is 1. The summed E-state index contributed by atoms with van der Waals surface area (Å²) >= 11 is 0. The fraction of sp³-hybridized carbons (Fsp3) is 0.643. The summed E-state index contributed by atoms with van der Waals surface area (Å²) in [5.41, 5.74) is 0.477. The van der Waals surface area contributed by atoms with Crippen LogP contribution >= 0.6 is 0 Å². The SMILES string of the molecule is COC(=O)[C@H](Cc1cnc(C2CCCC2)[nH]1)NC(=O)C(F)(F)F. The first kappa shape index (κ1) is 17.3. The number of aromatic amines is 1. The number of aromatic nitrogens is 2. The van der Waals surface area contributed by atoms with Crippen molar-refractivity contribution in [2.75, 3.05) is 7.11 Å². The van der Waals surface area contributed by atoms with E-state index in [1.165, 1.54) is 6.20 Å². The molecule has 1 aliphatic carbocycles. The predicted molar refractivity (Wildman–Crippen MR) is 73.5 cm³/mol. The summed E-state index contributed by atoms with van der Waals surface area (Å²) in [5, 5.41) is 1.65. The van der Waals surface area contributed by atoms with Gasteiger partial charge in [0.05, 0.1) is 7.11 Å². The van der Waals surface area contributed by atoms with Crippen molar-refractivity contribution in [1.29, 1.82) is 0 Å². The van der Waals surface area contributed by atoms with Crippen molar-refractivity contribution in [1.82, 2.24) is 15.3 Å². The number of rotatable bonds is 5. The smallest absolute Gasteiger partial charge is 0.467 e. The Kier molecular flexibility index (Phi) is 5.27. The number of hydrogen-bond donors (Lipinski definition) is 2. The van der Waals surface area contributed by atoms with E-state index in [9.17, 15) is 22.8 Å². The number of methoxy groups -OCH3 is 1. The van der Waals surface area contributed by atoms with Crippen LogP contribution in [0.5, 0.6) is 0 Å². The molecule has 1 heterocycles. The van der Waals surface area contributed by atoms with E-state index in [0.29, 0.717) is 11.6 Å². The fourth-order valence-electron chi connectivity index (χ4n) is 2.68. The van der Waals surface area contributed by atoms with E-state index < -0.39 is 24.1 Å². The first-order valence-electron chi connectivity index (χ1n) is 7.30. The molecule has 0 aliphatic heterocycles. The lowest BCUT2D eigenvalue weighted by Gasteiger charge is -2.16. The van der Waals surface area contributed by atoms with Crippen LogP contribution < -0.4 is 5.32 Å². The highest BCUT2D eigenvalue weighted by Crippen LogP contribution is 2.32. The highest BCUT2D eigenvalue weighted by atomic mass is 19.4. The summed E-state index contributed by atoms with van der Waals surface area (Å²) in [7, 11) is 1.05. The number of H-pyrrole nitrogens is 1. The van der Waals surface area contributed by atoms with E-state index in [-0.39, 0.29) is 6.42 Å². The summed E-state index contributed by atoms with van der Waals surface area (Å²) in [6, 6.07) is -1.42. The molecule has 1 amide bonds. The molecule has 0 bridgehead atoms. The minimum atomic E-state index is -5.06. The average molecular weight is 333 g/mol. The van der Waals surface area contributed by atoms with E-state index in [2.05, 4.69) is 14.7 Å². The molecule has 0 saturated heterocycles. The molecule has 0 aromatic carbocycles. The van der Waals surface area contributed by atoms with E-state index >= 15 is 0 Å². The molecule has 0 spiro atoms. The average Bonchev–Trinajstić information content (AvgIpc) is 3.15. The molecule has 1 atom stereocenters. The lowest BCUT2D eigenvalue weighted by Crippen LogP contribution is -2.48. The molecule has 128 valence electrons. The molecule has 0 radical (unpaired) electrons. The standard InChI is InChI=1S/C14H18F3N3O3/c1-23-12(21)10(20-13(22)14(15,16)17)6-9-7-18-11(19-9)8-4-2-3-5-8/h7-8,10H,2-6H2,1H3,(H,18,19)(H,20,22)/t10-/m0/s1. The maximum atomic E-state index is 12.3. The highest BCUT2D eigenvalue weighted by molar-refractivity contribution is 5.87. The Morgan fingerprint density at radius 3 is 2.65 bits per heavy atom. The number of ether oxygens (including phenoxy) is 1. The lowest BCUT2D eigenvalue weighted by atomic mass is 10.1. The summed E-state index contributed by atoms with van der Waals surface area (Å²) in [5.74, 6) is -2.04. The second-order valence-corrected chi connectivity index (χ2v) is 5.53. The van der Waals surface area contributed by atoms with Gasteiger partial charge in [0, 0.05) is 24.2 Å². The van der Waals surface area contributed by atoms with Gasteiger partial charge in [-0.3, -0.25) is 4.79 Å². The van der Waals surface area contributed by atoms with Crippen molar-refractivity contribution >= 4 is 11.9 Å². The molecule has 1 fully saturated rings. The number of carbonyl (C=O) groups excluding carboxylic acids is 2. The van der Waals surface area contributed by atoms with Gasteiger partial charge in [-0.05, 0) is 12.8 Å². The zero-order valence-electron chi connectivity index (χ0n) is 12.6. The Morgan fingerprint density at radius 1 is 1.43 bits per heavy atom. The van der Waals surface area contributed by atoms with Gasteiger partial charge in [0.25, 0.3) is 0 Å². The Hall–Kier alpha value is -2.06. The molecule has 1 aromatic rings. The molecule has 6 nitrogen and oxygen atoms in total. The van der Waals surface area contributed by atoms with Crippen molar-refractivity contribution in [2.45, 2.75) is 50.2 Å². The summed E-state index contributed by atoms with van der Waals surface area (Å²) in [6.07, 6.45) is 0.531. The molecule has 1 aliphatic rings. The summed E-state index contributed by atoms with van der Waals surface area (Å²) in [4.78, 5) is 29.9. The van der Waals surface area contributed by atoms with Crippen molar-refractivity contribution < 1.29 is 27.5 Å². The van der Waals surface area contributed by atoms with E-state index in [1.807, 2.05) is 0 Å². The largest absolute Gasteiger partial charge is 0.471 e. The van der Waals surface area contributed by atoms with Gasteiger partial charge < -0.3 is 15.0 Å². The van der Waals surface area contributed by atoms with Crippen LogP contribution in [0.25, 0.3) is 0 Å². The predicted octanol–water partition coefficient (Wildman–Crippen LogP) is 1.83. The first-order valence-corrected chi connectivity index (χ1v) is 7.30. The van der Waals surface area contributed by atoms with Crippen LogP contribution in [0.15, 0.2) is 6.20 Å². The van der Waals surface area contributed by atoms with Gasteiger partial charge in [-0.15, -0.1) is 0 Å². The third-order valence-corrected chi connectivity index (χ3v) is 3.86. The highest BCUT2D eigenvalue weighted by Gasteiger charge is 2.41. The van der Waals surface area contributed by atoms with Gasteiger partial charge in [0.1, 0.15) is 11.9 Å². The summed E-state index contributed by atoms with van der Waals surface area (Å²) in [6.45, 7) is 0. The van der Waals surface area contributed by atoms with Gasteiger partial charge in [0.15, 0.2) is 0 Å². The third-order valence-electron chi connectivity index (χ3n) is 3.86. The quantitative estimate of drug-likeness (QED) is 0.805. The van der Waals surface area contributed by atoms with Crippen LogP contribution in [0.2, 0.25) is 0 Å². The van der Waals surface area contributed by atoms with Gasteiger partial charge in [-0.1, -0.05) is 12.8 Å². The molecule has 2 N–H and O–H groups in total. The zero-order chi connectivity index (χ0) is 17.0. The van der Waals surface area contributed by atoms with Crippen molar-refractivity contribution in [3.05, 3.63) is 17.7 Å². The molecule has 2 rings (SSSR count). The maximum absolute atomic E-state index is 12.3. The number of imidazole rings is 1. The molecular formula is C14H18F3N3O3. The van der Waals surface area contributed by atoms with Crippen molar-refractivity contribution in [3.8, 4) is 0 Å². The van der Waals surface area contributed by atoms with Crippen LogP contribution in [0.3, 0.4) is 0 Å². The van der Waals surface area contributed by atoms with Gasteiger partial charge in [-0.2, -0.15) is 13.2 Å². The van der Waals surface area contributed by atoms with Gasteiger partial charge in [-0.25, -0.2) is 9.78 Å². The van der Waals surface area contributed by atoms with Crippen molar-refractivity contribution in [2.24, 2.45) is 0 Å². The van der Waals surface area contributed by atoms with Crippen LogP contribution in [0.1, 0.15) is 43.1 Å². The fourth-order valence-corrected chi connectivity index (χ4v) is 2.68. The van der Waals surface area contributed by atoms with Crippen LogP contribution in [-0.2, 0) is 20.7 Å². The van der Waals surface area contributed by atoms with Crippen LogP contribution in [0.4, 0.5) is 13.2 Å². The second kappa shape index (κ2) is 7.01. The number of alkyl halides is 3. The Morgan fingerprint density at radius 2 is 2.09 bits per heavy atom. The minimum Gasteiger partial charge on any atom is -0.467 e. The number of nitrogens with zero attached hydrogens (tertiary/aromatic N) is 1. The monoisotopic (exact) mass is 333 g/mol. The van der Waals surface area contributed by atoms with Crippen molar-refractivity contribution in [3.63, 3.8) is 0 Å². The minimum absolute atomic E-state index is 0.145. The third kappa shape index (κ3) is 4.46. The van der Waals surface area contributed by atoms with Gasteiger partial charge in [0.2, 0.25) is 0 Å². The molecular weight excluding hydrogens is 315 g/mol. The molecule has 23 heavy (non-hydrogen) atoms. The topological polar surface area (TPSA) is 84.1 Å². The number of amides is 1. The maximum Gasteiger partial charge on any atom is 0.471 e. The zero-order valence-corrected chi connectivity index (χ0v) is 12.6. The number of hydrogen-bond acceptors (Lipinski definition) is 4. The molecule has 9 heteroatoms. The molecule has 1 saturated carbocycles. The first-order chi connectivity index (χ1) is 10.8. The second-order valence-electron chi connectivity index (χ2n) is 5.53. The van der Waals surface area contributed by atoms with E-state index in [1.54, 1.807) is 5.32 Å².